The third-order valence-corrected chi connectivity index (χ3v) is 4.55. The first kappa shape index (κ1) is 13.8. The topological polar surface area (TPSA) is 92.7 Å². The molecule has 0 unspecified atom stereocenters. The van der Waals surface area contributed by atoms with Crippen LogP contribution in [0, 0.1) is 0 Å². The van der Waals surface area contributed by atoms with E-state index in [1.165, 1.54) is 12.3 Å². The number of para-hydroxylation sites is 2. The van der Waals surface area contributed by atoms with Gasteiger partial charge in [0, 0.05) is 13.1 Å². The lowest BCUT2D eigenvalue weighted by Gasteiger charge is -2.06. The molecule has 0 aliphatic carbocycles. The molecule has 110 valence electrons. The van der Waals surface area contributed by atoms with E-state index in [2.05, 4.69) is 19.9 Å². The molecule has 0 aliphatic rings. The van der Waals surface area contributed by atoms with E-state index in [1.54, 1.807) is 6.33 Å². The van der Waals surface area contributed by atoms with E-state index in [0.29, 0.717) is 19.5 Å². The third-order valence-electron chi connectivity index (χ3n) is 3.16. The molecule has 7 nitrogen and oxygen atoms in total. The smallest absolute Gasteiger partial charge is 0.257 e. The van der Waals surface area contributed by atoms with Crippen molar-refractivity contribution in [1.82, 2.24) is 24.5 Å². The second-order valence-corrected chi connectivity index (χ2v) is 6.33. The van der Waals surface area contributed by atoms with E-state index < -0.39 is 10.0 Å². The average Bonchev–Trinajstić information content (AvgIpc) is 3.14. The van der Waals surface area contributed by atoms with Gasteiger partial charge in [-0.15, -0.1) is 0 Å². The maximum Gasteiger partial charge on any atom is 0.257 e. The third kappa shape index (κ3) is 2.96. The number of nitrogens with one attached hydrogen (secondary N) is 2. The summed E-state index contributed by atoms with van der Waals surface area (Å²) in [7, 11) is -3.49. The fourth-order valence-corrected chi connectivity index (χ4v) is 3.10. The molecule has 0 amide bonds. The lowest BCUT2D eigenvalue weighted by molar-refractivity contribution is 0.568. The lowest BCUT2D eigenvalue weighted by Crippen LogP contribution is -2.25. The summed E-state index contributed by atoms with van der Waals surface area (Å²) in [6, 6.07) is 9.27. The molecule has 1 aromatic carbocycles. The molecule has 0 radical (unpaired) electrons. The summed E-state index contributed by atoms with van der Waals surface area (Å²) < 4.78 is 28.3. The van der Waals surface area contributed by atoms with Crippen LogP contribution in [0.3, 0.4) is 0 Å². The molecule has 3 aromatic rings. The van der Waals surface area contributed by atoms with Gasteiger partial charge < -0.3 is 4.57 Å². The monoisotopic (exact) mass is 305 g/mol. The van der Waals surface area contributed by atoms with Gasteiger partial charge in [-0.3, -0.25) is 5.10 Å². The van der Waals surface area contributed by atoms with Crippen LogP contribution in [0.1, 0.15) is 6.42 Å². The highest BCUT2D eigenvalue weighted by Crippen LogP contribution is 2.12. The largest absolute Gasteiger partial charge is 0.331 e. The highest BCUT2D eigenvalue weighted by atomic mass is 32.2. The van der Waals surface area contributed by atoms with E-state index in [-0.39, 0.29) is 5.03 Å². The van der Waals surface area contributed by atoms with Crippen molar-refractivity contribution < 1.29 is 8.42 Å². The molecule has 0 aliphatic heterocycles. The van der Waals surface area contributed by atoms with Crippen LogP contribution < -0.4 is 4.72 Å². The van der Waals surface area contributed by atoms with Crippen LogP contribution >= 0.6 is 0 Å². The first-order valence-corrected chi connectivity index (χ1v) is 8.04. The van der Waals surface area contributed by atoms with Gasteiger partial charge in [0.2, 0.25) is 0 Å². The van der Waals surface area contributed by atoms with Crippen molar-refractivity contribution in [2.45, 2.75) is 18.0 Å². The number of H-pyrrole nitrogens is 1. The molecule has 0 bridgehead atoms. The Morgan fingerprint density at radius 2 is 2.10 bits per heavy atom. The summed E-state index contributed by atoms with van der Waals surface area (Å²) >= 11 is 0. The van der Waals surface area contributed by atoms with E-state index in [4.69, 9.17) is 0 Å². The zero-order valence-corrected chi connectivity index (χ0v) is 12.0. The number of rotatable bonds is 6. The maximum atomic E-state index is 11.9. The fraction of sp³-hybridized carbons (Fsp3) is 0.231. The quantitative estimate of drug-likeness (QED) is 0.668. The molecule has 0 spiro atoms. The van der Waals surface area contributed by atoms with Crippen molar-refractivity contribution in [2.75, 3.05) is 6.54 Å². The summed E-state index contributed by atoms with van der Waals surface area (Å²) in [6.07, 6.45) is 3.86. The molecule has 21 heavy (non-hydrogen) atoms. The fourth-order valence-electron chi connectivity index (χ4n) is 2.11. The van der Waals surface area contributed by atoms with Crippen molar-refractivity contribution in [2.24, 2.45) is 0 Å². The first-order chi connectivity index (χ1) is 10.2. The molecule has 0 saturated carbocycles. The summed E-state index contributed by atoms with van der Waals surface area (Å²) in [5, 5.41) is 6.15. The van der Waals surface area contributed by atoms with Gasteiger partial charge in [-0.1, -0.05) is 12.1 Å². The number of aromatic nitrogens is 4. The SMILES string of the molecule is O=S(=O)(NCCCn1cnc2ccccc21)c1ccn[nH]1. The Hall–Kier alpha value is -2.19. The second kappa shape index (κ2) is 5.66. The van der Waals surface area contributed by atoms with E-state index >= 15 is 0 Å². The van der Waals surface area contributed by atoms with E-state index in [0.717, 1.165) is 11.0 Å². The second-order valence-electron chi connectivity index (χ2n) is 4.60. The van der Waals surface area contributed by atoms with Crippen molar-refractivity contribution in [3.63, 3.8) is 0 Å². The number of aryl methyl sites for hydroxylation is 1. The molecule has 2 aromatic heterocycles. The number of aromatic amines is 1. The van der Waals surface area contributed by atoms with Crippen molar-refractivity contribution in [3.8, 4) is 0 Å². The van der Waals surface area contributed by atoms with Crippen LogP contribution in [0.15, 0.2) is 47.9 Å². The average molecular weight is 305 g/mol. The molecular formula is C13H15N5O2S. The van der Waals surface area contributed by atoms with Gasteiger partial charge in [-0.05, 0) is 24.6 Å². The van der Waals surface area contributed by atoms with Gasteiger partial charge >= 0.3 is 0 Å². The Labute approximate surface area is 122 Å². The van der Waals surface area contributed by atoms with E-state index in [9.17, 15) is 8.42 Å². The highest BCUT2D eigenvalue weighted by Gasteiger charge is 2.14. The van der Waals surface area contributed by atoms with Crippen LogP contribution in [0.5, 0.6) is 0 Å². The Bertz CT molecular complexity index is 823. The van der Waals surface area contributed by atoms with Crippen molar-refractivity contribution in [1.29, 1.82) is 0 Å². The molecule has 0 atom stereocenters. The first-order valence-electron chi connectivity index (χ1n) is 6.56. The zero-order valence-electron chi connectivity index (χ0n) is 11.2. The Morgan fingerprint density at radius 3 is 2.90 bits per heavy atom. The van der Waals surface area contributed by atoms with E-state index in [1.807, 2.05) is 28.8 Å². The van der Waals surface area contributed by atoms with Crippen molar-refractivity contribution >= 4 is 21.1 Å². The van der Waals surface area contributed by atoms with Crippen LogP contribution in [-0.2, 0) is 16.6 Å². The Kier molecular flexibility index (Phi) is 3.72. The summed E-state index contributed by atoms with van der Waals surface area (Å²) in [6.45, 7) is 1.06. The predicted octanol–water partition coefficient (Wildman–Crippen LogP) is 1.13. The Balaban J connectivity index is 1.57. The molecular weight excluding hydrogens is 290 g/mol. The number of benzene rings is 1. The van der Waals surface area contributed by atoms with Crippen molar-refractivity contribution in [3.05, 3.63) is 42.9 Å². The molecule has 2 N–H and O–H groups in total. The Morgan fingerprint density at radius 1 is 1.24 bits per heavy atom. The summed E-state index contributed by atoms with van der Waals surface area (Å²) in [5.41, 5.74) is 1.99. The number of imidazole rings is 1. The van der Waals surface area contributed by atoms with Gasteiger partial charge in [0.25, 0.3) is 10.0 Å². The van der Waals surface area contributed by atoms with Gasteiger partial charge in [0.1, 0.15) is 0 Å². The minimum atomic E-state index is -3.49. The van der Waals surface area contributed by atoms with Crippen LogP contribution in [0.4, 0.5) is 0 Å². The molecule has 3 rings (SSSR count). The van der Waals surface area contributed by atoms with Crippen LogP contribution in [0.2, 0.25) is 0 Å². The predicted molar refractivity (Wildman–Crippen MR) is 78.1 cm³/mol. The lowest BCUT2D eigenvalue weighted by atomic mass is 10.3. The van der Waals surface area contributed by atoms with Crippen LogP contribution in [0.25, 0.3) is 11.0 Å². The minimum absolute atomic E-state index is 0.0792. The summed E-state index contributed by atoms with van der Waals surface area (Å²) in [4.78, 5) is 4.30. The molecule has 2 heterocycles. The van der Waals surface area contributed by atoms with Gasteiger partial charge in [0.05, 0.1) is 23.6 Å². The zero-order chi connectivity index (χ0) is 14.7. The highest BCUT2D eigenvalue weighted by molar-refractivity contribution is 7.89. The maximum absolute atomic E-state index is 11.9. The number of fused-ring (bicyclic) bond motifs is 1. The normalized spacial score (nSPS) is 12.0. The molecule has 8 heteroatoms. The summed E-state index contributed by atoms with van der Waals surface area (Å²) in [5.74, 6) is 0. The number of sulfonamides is 1. The number of hydrogen-bond acceptors (Lipinski definition) is 4. The van der Waals surface area contributed by atoms with Crippen LogP contribution in [-0.4, -0.2) is 34.7 Å². The minimum Gasteiger partial charge on any atom is -0.331 e. The molecule has 0 fully saturated rings. The number of hydrogen-bond donors (Lipinski definition) is 2. The number of nitrogens with zero attached hydrogens (tertiary/aromatic N) is 3. The van der Waals surface area contributed by atoms with Gasteiger partial charge in [0.15, 0.2) is 5.03 Å². The van der Waals surface area contributed by atoms with Gasteiger partial charge in [-0.2, -0.15) is 5.10 Å². The standard InChI is InChI=1S/C13H15N5O2S/c19-21(20,13-6-8-15-17-13)16-7-3-9-18-10-14-11-4-1-2-5-12(11)18/h1-2,4-6,8,10,16H,3,7,9H2,(H,15,17). The van der Waals surface area contributed by atoms with Gasteiger partial charge in [-0.25, -0.2) is 18.1 Å². The molecule has 0 saturated heterocycles.